The van der Waals surface area contributed by atoms with Crippen LogP contribution < -0.4 is 0 Å². The van der Waals surface area contributed by atoms with E-state index in [0.717, 1.165) is 67.6 Å². The lowest BCUT2D eigenvalue weighted by Gasteiger charge is -2.57. The topological polar surface area (TPSA) is 36.4 Å². The highest BCUT2D eigenvalue weighted by atomic mass is 32.1. The number of piperazine rings is 1. The van der Waals surface area contributed by atoms with Crippen LogP contribution in [0.15, 0.2) is 35.7 Å². The third-order valence-corrected chi connectivity index (χ3v) is 9.31. The van der Waals surface area contributed by atoms with Gasteiger partial charge >= 0.3 is 0 Å². The number of rotatable bonds is 5. The average molecular weight is 436 g/mol. The Morgan fingerprint density at radius 1 is 0.968 bits per heavy atom. The first-order valence-electron chi connectivity index (χ1n) is 12.1. The van der Waals surface area contributed by atoms with Crippen LogP contribution in [0.3, 0.4) is 0 Å². The Morgan fingerprint density at radius 3 is 2.26 bits per heavy atom. The molecule has 1 amide bonds. The number of carbonyl (C=O) groups excluding carboxylic acids is 1. The molecule has 2 heterocycles. The van der Waals surface area contributed by atoms with E-state index in [4.69, 9.17) is 4.98 Å². The molecule has 164 valence electrons. The summed E-state index contributed by atoms with van der Waals surface area (Å²) in [4.78, 5) is 22.7. The quantitative estimate of drug-likeness (QED) is 0.659. The first-order valence-corrected chi connectivity index (χ1v) is 13.0. The van der Waals surface area contributed by atoms with Crippen molar-refractivity contribution in [3.05, 3.63) is 41.4 Å². The molecule has 0 radical (unpaired) electrons. The molecule has 1 saturated heterocycles. The van der Waals surface area contributed by atoms with Gasteiger partial charge in [0.1, 0.15) is 5.01 Å². The molecule has 4 nitrogen and oxygen atoms in total. The fourth-order valence-electron chi connectivity index (χ4n) is 7.42. The second-order valence-electron chi connectivity index (χ2n) is 10.8. The molecule has 31 heavy (non-hydrogen) atoms. The van der Waals surface area contributed by atoms with Gasteiger partial charge in [0.15, 0.2) is 0 Å². The van der Waals surface area contributed by atoms with E-state index in [9.17, 15) is 4.79 Å². The van der Waals surface area contributed by atoms with Gasteiger partial charge in [-0.3, -0.25) is 9.69 Å². The fourth-order valence-corrected chi connectivity index (χ4v) is 8.23. The van der Waals surface area contributed by atoms with Crippen LogP contribution in [0.4, 0.5) is 0 Å². The zero-order valence-corrected chi connectivity index (χ0v) is 19.2. The van der Waals surface area contributed by atoms with Gasteiger partial charge in [0.2, 0.25) is 5.91 Å². The van der Waals surface area contributed by atoms with Crippen LogP contribution in [-0.4, -0.2) is 46.9 Å². The number of aromatic nitrogens is 1. The maximum atomic E-state index is 13.2. The molecule has 0 spiro atoms. The standard InChI is InChI=1S/C26H33N3OS/c30-24(16-26-13-19-10-20(14-26)12-21(11-19)15-26)29-8-6-28(7-9-29)17-23-18-31-25(27-23)22-4-2-1-3-5-22/h1-5,18-21H,6-17H2. The maximum Gasteiger partial charge on any atom is 0.223 e. The molecule has 2 aromatic rings. The Kier molecular flexibility index (Phi) is 5.14. The molecule has 4 bridgehead atoms. The minimum atomic E-state index is 0.359. The van der Waals surface area contributed by atoms with Gasteiger partial charge in [-0.1, -0.05) is 30.3 Å². The predicted molar refractivity (Wildman–Crippen MR) is 125 cm³/mol. The highest BCUT2D eigenvalue weighted by Crippen LogP contribution is 2.61. The molecule has 1 aromatic carbocycles. The molecule has 4 saturated carbocycles. The van der Waals surface area contributed by atoms with E-state index < -0.39 is 0 Å². The average Bonchev–Trinajstić information content (AvgIpc) is 3.22. The molecule has 0 atom stereocenters. The summed E-state index contributed by atoms with van der Waals surface area (Å²) in [5.74, 6) is 3.21. The highest BCUT2D eigenvalue weighted by Gasteiger charge is 2.51. The van der Waals surface area contributed by atoms with Crippen LogP contribution in [-0.2, 0) is 11.3 Å². The Bertz CT molecular complexity index is 896. The van der Waals surface area contributed by atoms with Gasteiger partial charge in [0.25, 0.3) is 0 Å². The first kappa shape index (κ1) is 19.9. The van der Waals surface area contributed by atoms with Gasteiger partial charge in [0, 0.05) is 50.1 Å². The summed E-state index contributed by atoms with van der Waals surface area (Å²) in [6.45, 7) is 4.57. The Morgan fingerprint density at radius 2 is 1.61 bits per heavy atom. The van der Waals surface area contributed by atoms with Crippen molar-refractivity contribution in [2.45, 2.75) is 51.5 Å². The lowest BCUT2D eigenvalue weighted by atomic mass is 9.49. The van der Waals surface area contributed by atoms with Crippen molar-refractivity contribution < 1.29 is 4.79 Å². The lowest BCUT2D eigenvalue weighted by Crippen LogP contribution is -2.52. The molecule has 5 heteroatoms. The number of nitrogens with zero attached hydrogens (tertiary/aromatic N) is 3. The molecule has 4 aliphatic carbocycles. The summed E-state index contributed by atoms with van der Waals surface area (Å²) < 4.78 is 0. The first-order chi connectivity index (χ1) is 15.1. The van der Waals surface area contributed by atoms with Crippen LogP contribution >= 0.6 is 11.3 Å². The van der Waals surface area contributed by atoms with Gasteiger partial charge in [0.05, 0.1) is 5.69 Å². The molecule has 5 aliphatic rings. The Balaban J connectivity index is 1.02. The zero-order chi connectivity index (χ0) is 20.8. The number of hydrogen-bond donors (Lipinski definition) is 0. The van der Waals surface area contributed by atoms with E-state index in [1.165, 1.54) is 44.1 Å². The Hall–Kier alpha value is -1.72. The van der Waals surface area contributed by atoms with Gasteiger partial charge in [-0.25, -0.2) is 4.98 Å². The van der Waals surface area contributed by atoms with Crippen LogP contribution in [0.5, 0.6) is 0 Å². The molecule has 5 fully saturated rings. The molecule has 1 aliphatic heterocycles. The lowest BCUT2D eigenvalue weighted by molar-refractivity contribution is -0.141. The monoisotopic (exact) mass is 435 g/mol. The van der Waals surface area contributed by atoms with Crippen LogP contribution in [0.1, 0.15) is 50.6 Å². The van der Waals surface area contributed by atoms with E-state index in [1.54, 1.807) is 11.3 Å². The molecule has 0 N–H and O–H groups in total. The largest absolute Gasteiger partial charge is 0.340 e. The van der Waals surface area contributed by atoms with Crippen molar-refractivity contribution in [3.63, 3.8) is 0 Å². The molecule has 7 rings (SSSR count). The van der Waals surface area contributed by atoms with Crippen molar-refractivity contribution in [2.24, 2.45) is 23.2 Å². The number of amides is 1. The van der Waals surface area contributed by atoms with Crippen molar-refractivity contribution in [1.29, 1.82) is 0 Å². The second-order valence-corrected chi connectivity index (χ2v) is 11.6. The van der Waals surface area contributed by atoms with E-state index in [-0.39, 0.29) is 0 Å². The summed E-state index contributed by atoms with van der Waals surface area (Å²) in [5.41, 5.74) is 2.70. The van der Waals surface area contributed by atoms with Crippen LogP contribution in [0.25, 0.3) is 10.6 Å². The Labute approximate surface area is 189 Å². The van der Waals surface area contributed by atoms with Crippen LogP contribution in [0, 0.1) is 23.2 Å². The van der Waals surface area contributed by atoms with Crippen LogP contribution in [0.2, 0.25) is 0 Å². The van der Waals surface area contributed by atoms with E-state index >= 15 is 0 Å². The number of hydrogen-bond acceptors (Lipinski definition) is 4. The molecule has 0 unspecified atom stereocenters. The third-order valence-electron chi connectivity index (χ3n) is 8.37. The van der Waals surface area contributed by atoms with E-state index in [1.807, 2.05) is 6.07 Å². The maximum absolute atomic E-state index is 13.2. The highest BCUT2D eigenvalue weighted by molar-refractivity contribution is 7.13. The van der Waals surface area contributed by atoms with E-state index in [0.29, 0.717) is 11.3 Å². The van der Waals surface area contributed by atoms with E-state index in [2.05, 4.69) is 39.4 Å². The summed E-state index contributed by atoms with van der Waals surface area (Å²) in [6.07, 6.45) is 9.18. The molecular formula is C26H33N3OS. The number of thiazole rings is 1. The molecular weight excluding hydrogens is 402 g/mol. The van der Waals surface area contributed by atoms with Gasteiger partial charge in [-0.2, -0.15) is 0 Å². The minimum Gasteiger partial charge on any atom is -0.340 e. The van der Waals surface area contributed by atoms with Gasteiger partial charge in [-0.15, -0.1) is 11.3 Å². The summed E-state index contributed by atoms with van der Waals surface area (Å²) in [6, 6.07) is 10.4. The summed E-state index contributed by atoms with van der Waals surface area (Å²) in [5, 5.41) is 3.28. The van der Waals surface area contributed by atoms with Gasteiger partial charge in [-0.05, 0) is 61.7 Å². The second kappa shape index (κ2) is 8.00. The fraction of sp³-hybridized carbons (Fsp3) is 0.615. The van der Waals surface area contributed by atoms with Crippen molar-refractivity contribution in [1.82, 2.24) is 14.8 Å². The number of benzene rings is 1. The van der Waals surface area contributed by atoms with Crippen molar-refractivity contribution in [2.75, 3.05) is 26.2 Å². The zero-order valence-electron chi connectivity index (χ0n) is 18.3. The minimum absolute atomic E-state index is 0.359. The smallest absolute Gasteiger partial charge is 0.223 e. The summed E-state index contributed by atoms with van der Waals surface area (Å²) in [7, 11) is 0. The summed E-state index contributed by atoms with van der Waals surface area (Å²) >= 11 is 1.73. The molecule has 1 aromatic heterocycles. The normalized spacial score (nSPS) is 32.5. The predicted octanol–water partition coefficient (Wildman–Crippen LogP) is 5.06. The van der Waals surface area contributed by atoms with Crippen molar-refractivity contribution in [3.8, 4) is 10.6 Å². The number of carbonyl (C=O) groups is 1. The SMILES string of the molecule is O=C(CC12CC3CC(CC(C3)C1)C2)N1CCN(Cc2csc(-c3ccccc3)n2)CC1. The van der Waals surface area contributed by atoms with Gasteiger partial charge < -0.3 is 4.90 Å². The third kappa shape index (κ3) is 4.07. The van der Waals surface area contributed by atoms with Crippen molar-refractivity contribution >= 4 is 17.2 Å².